The van der Waals surface area contributed by atoms with Crippen LogP contribution in [-0.4, -0.2) is 17.2 Å². The molecule has 0 saturated carbocycles. The Bertz CT molecular complexity index is 359. The Labute approximate surface area is 103 Å². The van der Waals surface area contributed by atoms with Crippen LogP contribution < -0.4 is 5.32 Å². The lowest BCUT2D eigenvalue weighted by atomic mass is 10.1. The van der Waals surface area contributed by atoms with Crippen LogP contribution in [0.2, 0.25) is 0 Å². The van der Waals surface area contributed by atoms with E-state index in [9.17, 15) is 17.6 Å². The van der Waals surface area contributed by atoms with Gasteiger partial charge >= 0.3 is 6.18 Å². The van der Waals surface area contributed by atoms with E-state index < -0.39 is 24.5 Å². The predicted molar refractivity (Wildman–Crippen MR) is 60.5 cm³/mol. The van der Waals surface area contributed by atoms with Gasteiger partial charge in [-0.1, -0.05) is 13.8 Å². The first-order valence-corrected chi connectivity index (χ1v) is 5.72. The van der Waals surface area contributed by atoms with Gasteiger partial charge in [0.05, 0.1) is 11.9 Å². The minimum absolute atomic E-state index is 0.0232. The van der Waals surface area contributed by atoms with Gasteiger partial charge in [-0.05, 0) is 18.6 Å². The molecule has 1 N–H and O–H groups in total. The molecule has 6 heteroatoms. The van der Waals surface area contributed by atoms with Crippen molar-refractivity contribution in [3.8, 4) is 0 Å². The summed E-state index contributed by atoms with van der Waals surface area (Å²) in [6.45, 7) is 3.67. The average Bonchev–Trinajstić information content (AvgIpc) is 2.24. The molecule has 0 aliphatic carbocycles. The van der Waals surface area contributed by atoms with Gasteiger partial charge in [0.2, 0.25) is 0 Å². The van der Waals surface area contributed by atoms with Crippen molar-refractivity contribution < 1.29 is 17.6 Å². The van der Waals surface area contributed by atoms with E-state index in [1.54, 1.807) is 0 Å². The largest absolute Gasteiger partial charge is 0.389 e. The first-order valence-electron chi connectivity index (χ1n) is 5.72. The standard InChI is InChI=1S/C12H16F4N2/c1-8(2)18-11(5-6-12(14,15)16)10-4-3-9(13)7-17-10/h3-4,7-8,11,18H,5-6H2,1-2H3. The second-order valence-corrected chi connectivity index (χ2v) is 4.43. The van der Waals surface area contributed by atoms with Crippen molar-refractivity contribution in [1.29, 1.82) is 0 Å². The van der Waals surface area contributed by atoms with Gasteiger partial charge in [-0.25, -0.2) is 4.39 Å². The summed E-state index contributed by atoms with van der Waals surface area (Å²) in [5.74, 6) is -0.502. The first kappa shape index (κ1) is 14.9. The molecular weight excluding hydrogens is 248 g/mol. The zero-order valence-corrected chi connectivity index (χ0v) is 10.3. The molecule has 0 fully saturated rings. The lowest BCUT2D eigenvalue weighted by Gasteiger charge is -2.21. The van der Waals surface area contributed by atoms with E-state index >= 15 is 0 Å². The number of rotatable bonds is 5. The fraction of sp³-hybridized carbons (Fsp3) is 0.583. The molecule has 0 bridgehead atoms. The molecule has 1 unspecified atom stereocenters. The van der Waals surface area contributed by atoms with Gasteiger partial charge in [0, 0.05) is 18.5 Å². The van der Waals surface area contributed by atoms with Gasteiger partial charge < -0.3 is 5.32 Å². The van der Waals surface area contributed by atoms with Crippen LogP contribution in [0.25, 0.3) is 0 Å². The van der Waals surface area contributed by atoms with Crippen LogP contribution in [0.15, 0.2) is 18.3 Å². The summed E-state index contributed by atoms with van der Waals surface area (Å²) in [5, 5.41) is 3.00. The highest BCUT2D eigenvalue weighted by atomic mass is 19.4. The third-order valence-corrected chi connectivity index (χ3v) is 2.36. The summed E-state index contributed by atoms with van der Waals surface area (Å²) in [5.41, 5.74) is 0.425. The van der Waals surface area contributed by atoms with Crippen molar-refractivity contribution in [2.45, 2.75) is 44.9 Å². The van der Waals surface area contributed by atoms with Crippen LogP contribution in [0, 0.1) is 5.82 Å². The number of hydrogen-bond donors (Lipinski definition) is 1. The number of alkyl halides is 3. The monoisotopic (exact) mass is 264 g/mol. The number of pyridine rings is 1. The highest BCUT2D eigenvalue weighted by molar-refractivity contribution is 5.10. The predicted octanol–water partition coefficient (Wildman–Crippen LogP) is 3.60. The van der Waals surface area contributed by atoms with Crippen LogP contribution in [0.5, 0.6) is 0 Å². The van der Waals surface area contributed by atoms with Crippen molar-refractivity contribution in [3.05, 3.63) is 29.8 Å². The molecule has 0 saturated heterocycles. The van der Waals surface area contributed by atoms with Crippen molar-refractivity contribution in [3.63, 3.8) is 0 Å². The van der Waals surface area contributed by atoms with Gasteiger partial charge in [-0.15, -0.1) is 0 Å². The van der Waals surface area contributed by atoms with E-state index in [0.29, 0.717) is 5.69 Å². The summed E-state index contributed by atoms with van der Waals surface area (Å²) in [6.07, 6.45) is -4.19. The van der Waals surface area contributed by atoms with Gasteiger partial charge in [0.15, 0.2) is 0 Å². The Morgan fingerprint density at radius 2 is 1.94 bits per heavy atom. The molecule has 1 aromatic rings. The maximum atomic E-state index is 12.7. The minimum atomic E-state index is -4.20. The molecule has 1 aromatic heterocycles. The van der Waals surface area contributed by atoms with E-state index in [1.807, 2.05) is 13.8 Å². The van der Waals surface area contributed by atoms with Gasteiger partial charge in [0.1, 0.15) is 5.82 Å². The van der Waals surface area contributed by atoms with Crippen LogP contribution in [-0.2, 0) is 0 Å². The van der Waals surface area contributed by atoms with Gasteiger partial charge in [-0.3, -0.25) is 4.98 Å². The van der Waals surface area contributed by atoms with E-state index in [4.69, 9.17) is 0 Å². The molecule has 0 aromatic carbocycles. The SMILES string of the molecule is CC(C)NC(CCC(F)(F)F)c1ccc(F)cn1. The Morgan fingerprint density at radius 1 is 1.28 bits per heavy atom. The van der Waals surface area contributed by atoms with Crippen molar-refractivity contribution in [1.82, 2.24) is 10.3 Å². The molecule has 102 valence electrons. The van der Waals surface area contributed by atoms with Gasteiger partial charge in [0.25, 0.3) is 0 Å². The molecule has 1 heterocycles. The van der Waals surface area contributed by atoms with E-state index in [1.165, 1.54) is 12.1 Å². The molecular formula is C12H16F4N2. The topological polar surface area (TPSA) is 24.9 Å². The van der Waals surface area contributed by atoms with Crippen molar-refractivity contribution >= 4 is 0 Å². The Balaban J connectivity index is 2.74. The molecule has 2 nitrogen and oxygen atoms in total. The molecule has 18 heavy (non-hydrogen) atoms. The highest BCUT2D eigenvalue weighted by Crippen LogP contribution is 2.27. The number of aromatic nitrogens is 1. The summed E-state index contributed by atoms with van der Waals surface area (Å²) >= 11 is 0. The average molecular weight is 264 g/mol. The fourth-order valence-electron chi connectivity index (χ4n) is 1.62. The second kappa shape index (κ2) is 6.13. The van der Waals surface area contributed by atoms with Crippen LogP contribution in [0.4, 0.5) is 17.6 Å². The van der Waals surface area contributed by atoms with E-state index in [-0.39, 0.29) is 12.5 Å². The number of nitrogens with zero attached hydrogens (tertiary/aromatic N) is 1. The zero-order valence-electron chi connectivity index (χ0n) is 10.3. The number of hydrogen-bond acceptors (Lipinski definition) is 2. The van der Waals surface area contributed by atoms with E-state index in [0.717, 1.165) is 6.20 Å². The lowest BCUT2D eigenvalue weighted by Crippen LogP contribution is -2.29. The van der Waals surface area contributed by atoms with Gasteiger partial charge in [-0.2, -0.15) is 13.2 Å². The smallest absolute Gasteiger partial charge is 0.306 e. The molecule has 0 spiro atoms. The minimum Gasteiger partial charge on any atom is -0.306 e. The molecule has 0 amide bonds. The Hall–Kier alpha value is -1.17. The quantitative estimate of drug-likeness (QED) is 0.822. The summed E-state index contributed by atoms with van der Waals surface area (Å²) in [4.78, 5) is 3.83. The Morgan fingerprint density at radius 3 is 2.39 bits per heavy atom. The molecule has 0 radical (unpaired) electrons. The van der Waals surface area contributed by atoms with Crippen LogP contribution in [0.3, 0.4) is 0 Å². The molecule has 0 aliphatic rings. The fourth-order valence-corrected chi connectivity index (χ4v) is 1.62. The number of halogens is 4. The van der Waals surface area contributed by atoms with Crippen LogP contribution in [0.1, 0.15) is 38.4 Å². The third-order valence-electron chi connectivity index (χ3n) is 2.36. The molecule has 0 aliphatic heterocycles. The third kappa shape index (κ3) is 5.44. The van der Waals surface area contributed by atoms with E-state index in [2.05, 4.69) is 10.3 Å². The summed E-state index contributed by atoms with van der Waals surface area (Å²) < 4.78 is 49.4. The maximum Gasteiger partial charge on any atom is 0.389 e. The number of nitrogens with one attached hydrogen (secondary N) is 1. The zero-order chi connectivity index (χ0) is 13.8. The lowest BCUT2D eigenvalue weighted by molar-refractivity contribution is -0.136. The maximum absolute atomic E-state index is 12.7. The van der Waals surface area contributed by atoms with Crippen LogP contribution >= 0.6 is 0 Å². The molecule has 1 rings (SSSR count). The highest BCUT2D eigenvalue weighted by Gasteiger charge is 2.29. The summed E-state index contributed by atoms with van der Waals surface area (Å²) in [6, 6.07) is 2.11. The second-order valence-electron chi connectivity index (χ2n) is 4.43. The summed E-state index contributed by atoms with van der Waals surface area (Å²) in [7, 11) is 0. The van der Waals surface area contributed by atoms with Crippen molar-refractivity contribution in [2.75, 3.05) is 0 Å². The van der Waals surface area contributed by atoms with Crippen molar-refractivity contribution in [2.24, 2.45) is 0 Å². The first-order chi connectivity index (χ1) is 8.28. The molecule has 1 atom stereocenters. The normalized spacial score (nSPS) is 13.9. The Kier molecular flexibility index (Phi) is 5.07.